The maximum absolute atomic E-state index is 6.26. The lowest BCUT2D eigenvalue weighted by atomic mass is 9.82. The highest BCUT2D eigenvalue weighted by Crippen LogP contribution is 2.39. The molecular weight excluding hydrogens is 234 g/mol. The molecule has 0 saturated carbocycles. The molecule has 1 aromatic heterocycles. The van der Waals surface area contributed by atoms with Gasteiger partial charge in [-0.15, -0.1) is 0 Å². The molecule has 1 aromatic carbocycles. The molecule has 102 valence electrons. The first-order chi connectivity index (χ1) is 8.88. The van der Waals surface area contributed by atoms with Crippen LogP contribution in [0.5, 0.6) is 0 Å². The van der Waals surface area contributed by atoms with Gasteiger partial charge in [0.1, 0.15) is 5.82 Å². The first-order valence-electron chi connectivity index (χ1n) is 6.77. The van der Waals surface area contributed by atoms with Crippen LogP contribution in [-0.2, 0) is 12.5 Å². The Balaban J connectivity index is 2.73. The lowest BCUT2D eigenvalue weighted by Crippen LogP contribution is -2.17. The third-order valence-electron chi connectivity index (χ3n) is 4.03. The van der Waals surface area contributed by atoms with Gasteiger partial charge in [-0.2, -0.15) is 5.10 Å². The van der Waals surface area contributed by atoms with Crippen molar-refractivity contribution in [2.24, 2.45) is 7.05 Å². The van der Waals surface area contributed by atoms with Crippen molar-refractivity contribution in [3.63, 3.8) is 0 Å². The smallest absolute Gasteiger partial charge is 0.129 e. The molecule has 0 saturated heterocycles. The summed E-state index contributed by atoms with van der Waals surface area (Å²) in [5, 5.41) is 4.66. The van der Waals surface area contributed by atoms with E-state index in [1.807, 2.05) is 7.05 Å². The summed E-state index contributed by atoms with van der Waals surface area (Å²) in [6, 6.07) is 8.34. The molecule has 0 bridgehead atoms. The van der Waals surface area contributed by atoms with E-state index in [-0.39, 0.29) is 5.41 Å². The van der Waals surface area contributed by atoms with Crippen LogP contribution in [0, 0.1) is 6.92 Å². The summed E-state index contributed by atoms with van der Waals surface area (Å²) in [6.45, 7) is 8.74. The molecule has 0 aliphatic rings. The summed E-state index contributed by atoms with van der Waals surface area (Å²) < 4.78 is 1.79. The van der Waals surface area contributed by atoms with Gasteiger partial charge in [-0.05, 0) is 24.5 Å². The van der Waals surface area contributed by atoms with Gasteiger partial charge in [0.15, 0.2) is 0 Å². The second-order valence-corrected chi connectivity index (χ2v) is 5.78. The molecule has 0 fully saturated rings. The summed E-state index contributed by atoms with van der Waals surface area (Å²) in [5.74, 6) is 0.742. The number of benzene rings is 1. The molecule has 0 spiro atoms. The van der Waals surface area contributed by atoms with E-state index in [1.54, 1.807) is 4.68 Å². The highest BCUT2D eigenvalue weighted by Gasteiger charge is 2.28. The average Bonchev–Trinajstić information content (AvgIpc) is 2.68. The molecule has 2 aromatic rings. The van der Waals surface area contributed by atoms with Gasteiger partial charge in [0.25, 0.3) is 0 Å². The molecule has 0 amide bonds. The summed E-state index contributed by atoms with van der Waals surface area (Å²) in [4.78, 5) is 0. The highest BCUT2D eigenvalue weighted by atomic mass is 15.3. The fourth-order valence-electron chi connectivity index (χ4n) is 2.30. The van der Waals surface area contributed by atoms with Crippen LogP contribution in [0.4, 0.5) is 5.82 Å². The number of nitrogen functional groups attached to an aromatic ring is 1. The Kier molecular flexibility index (Phi) is 3.40. The van der Waals surface area contributed by atoms with Gasteiger partial charge in [0, 0.05) is 18.0 Å². The van der Waals surface area contributed by atoms with Gasteiger partial charge in [0.05, 0.1) is 5.69 Å². The van der Waals surface area contributed by atoms with Gasteiger partial charge in [-0.25, -0.2) is 0 Å². The molecule has 0 radical (unpaired) electrons. The zero-order chi connectivity index (χ0) is 14.2. The molecule has 0 atom stereocenters. The molecule has 0 aliphatic heterocycles. The minimum atomic E-state index is 0.0208. The Hall–Kier alpha value is -1.77. The summed E-state index contributed by atoms with van der Waals surface area (Å²) >= 11 is 0. The average molecular weight is 257 g/mol. The largest absolute Gasteiger partial charge is 0.383 e. The Morgan fingerprint density at radius 1 is 1.26 bits per heavy atom. The second kappa shape index (κ2) is 4.72. The zero-order valence-electron chi connectivity index (χ0n) is 12.5. The Labute approximate surface area is 115 Å². The SMILES string of the molecule is CCC(C)(C)c1nn(C)c(N)c1-c1ccccc1C. The number of anilines is 1. The van der Waals surface area contributed by atoms with Crippen LogP contribution in [-0.4, -0.2) is 9.78 Å². The van der Waals surface area contributed by atoms with Crippen molar-refractivity contribution in [3.05, 3.63) is 35.5 Å². The number of aryl methyl sites for hydroxylation is 2. The van der Waals surface area contributed by atoms with E-state index < -0.39 is 0 Å². The van der Waals surface area contributed by atoms with Crippen molar-refractivity contribution in [1.82, 2.24) is 9.78 Å². The fraction of sp³-hybridized carbons (Fsp3) is 0.438. The lowest BCUT2D eigenvalue weighted by molar-refractivity contribution is 0.483. The molecule has 3 nitrogen and oxygen atoms in total. The van der Waals surface area contributed by atoms with Crippen LogP contribution in [0.1, 0.15) is 38.4 Å². The second-order valence-electron chi connectivity index (χ2n) is 5.78. The van der Waals surface area contributed by atoms with Crippen LogP contribution < -0.4 is 5.73 Å². The maximum Gasteiger partial charge on any atom is 0.129 e. The van der Waals surface area contributed by atoms with Crippen LogP contribution in [0.25, 0.3) is 11.1 Å². The Morgan fingerprint density at radius 2 is 1.89 bits per heavy atom. The summed E-state index contributed by atoms with van der Waals surface area (Å²) in [6.07, 6.45) is 1.03. The van der Waals surface area contributed by atoms with Crippen LogP contribution in [0.15, 0.2) is 24.3 Å². The van der Waals surface area contributed by atoms with Gasteiger partial charge >= 0.3 is 0 Å². The molecule has 0 aliphatic carbocycles. The van der Waals surface area contributed by atoms with E-state index in [2.05, 4.69) is 57.1 Å². The zero-order valence-corrected chi connectivity index (χ0v) is 12.5. The number of hydrogen-bond donors (Lipinski definition) is 1. The predicted octanol–water partition coefficient (Wildman–Crippen LogP) is 3.67. The van der Waals surface area contributed by atoms with Gasteiger partial charge < -0.3 is 5.73 Å². The monoisotopic (exact) mass is 257 g/mol. The highest BCUT2D eigenvalue weighted by molar-refractivity contribution is 5.79. The van der Waals surface area contributed by atoms with Gasteiger partial charge in [-0.1, -0.05) is 45.0 Å². The standard InChI is InChI=1S/C16H23N3/c1-6-16(3,4)14-13(15(17)19(5)18-14)12-10-8-7-9-11(12)2/h7-10H,6,17H2,1-5H3. The van der Waals surface area contributed by atoms with Crippen LogP contribution in [0.3, 0.4) is 0 Å². The van der Waals surface area contributed by atoms with Crippen molar-refractivity contribution in [2.45, 2.75) is 39.5 Å². The van der Waals surface area contributed by atoms with Crippen molar-refractivity contribution in [3.8, 4) is 11.1 Å². The lowest BCUT2D eigenvalue weighted by Gasteiger charge is -2.22. The molecular formula is C16H23N3. The van der Waals surface area contributed by atoms with E-state index in [0.29, 0.717) is 0 Å². The van der Waals surface area contributed by atoms with Crippen LogP contribution >= 0.6 is 0 Å². The van der Waals surface area contributed by atoms with Gasteiger partial charge in [0.2, 0.25) is 0 Å². The summed E-state index contributed by atoms with van der Waals surface area (Å²) in [5.41, 5.74) is 10.9. The van der Waals surface area contributed by atoms with E-state index in [4.69, 9.17) is 5.73 Å². The van der Waals surface area contributed by atoms with Crippen molar-refractivity contribution >= 4 is 5.82 Å². The van der Waals surface area contributed by atoms with E-state index in [1.165, 1.54) is 11.1 Å². The minimum absolute atomic E-state index is 0.0208. The number of nitrogens with two attached hydrogens (primary N) is 1. The summed E-state index contributed by atoms with van der Waals surface area (Å²) in [7, 11) is 1.91. The van der Waals surface area contributed by atoms with Crippen molar-refractivity contribution < 1.29 is 0 Å². The van der Waals surface area contributed by atoms with E-state index in [0.717, 1.165) is 23.5 Å². The topological polar surface area (TPSA) is 43.8 Å². The molecule has 1 heterocycles. The number of nitrogens with zero attached hydrogens (tertiary/aromatic N) is 2. The van der Waals surface area contributed by atoms with Crippen molar-refractivity contribution in [2.75, 3.05) is 5.73 Å². The molecule has 2 N–H and O–H groups in total. The van der Waals surface area contributed by atoms with Crippen molar-refractivity contribution in [1.29, 1.82) is 0 Å². The van der Waals surface area contributed by atoms with E-state index >= 15 is 0 Å². The van der Waals surface area contributed by atoms with E-state index in [9.17, 15) is 0 Å². The van der Waals surface area contributed by atoms with Crippen LogP contribution in [0.2, 0.25) is 0 Å². The van der Waals surface area contributed by atoms with Gasteiger partial charge in [-0.3, -0.25) is 4.68 Å². The Bertz CT molecular complexity index is 594. The molecule has 3 heteroatoms. The fourth-order valence-corrected chi connectivity index (χ4v) is 2.30. The minimum Gasteiger partial charge on any atom is -0.383 e. The normalized spacial score (nSPS) is 11.8. The number of aromatic nitrogens is 2. The first-order valence-corrected chi connectivity index (χ1v) is 6.77. The molecule has 0 unspecified atom stereocenters. The Morgan fingerprint density at radius 3 is 2.47 bits per heavy atom. The third-order valence-corrected chi connectivity index (χ3v) is 4.03. The molecule has 2 rings (SSSR count). The third kappa shape index (κ3) is 2.25. The first kappa shape index (κ1) is 13.7. The molecule has 19 heavy (non-hydrogen) atoms. The quantitative estimate of drug-likeness (QED) is 0.911. The predicted molar refractivity (Wildman–Crippen MR) is 81.1 cm³/mol. The maximum atomic E-state index is 6.26. The number of hydrogen-bond acceptors (Lipinski definition) is 2. The number of rotatable bonds is 3.